The van der Waals surface area contributed by atoms with E-state index in [0.717, 1.165) is 36.5 Å². The minimum Gasteiger partial charge on any atom is -0.365 e. The monoisotopic (exact) mass is 459 g/mol. The summed E-state index contributed by atoms with van der Waals surface area (Å²) in [6.07, 6.45) is 2.41. The third-order valence-corrected chi connectivity index (χ3v) is 6.94. The number of piperidine rings is 2. The molecule has 0 spiro atoms. The third-order valence-electron chi connectivity index (χ3n) is 6.14. The van der Waals surface area contributed by atoms with Gasteiger partial charge in [-0.25, -0.2) is 9.97 Å². The molecule has 32 heavy (non-hydrogen) atoms. The van der Waals surface area contributed by atoms with Gasteiger partial charge in [0.25, 0.3) is 5.91 Å². The van der Waals surface area contributed by atoms with E-state index < -0.39 is 11.7 Å². The number of fused-ring (bicyclic) bond motifs is 3. The smallest absolute Gasteiger partial charge is 0.365 e. The number of anilines is 1. The molecule has 0 radical (unpaired) electrons. The standard InChI is InChI=1S/C22H20F3N5OS/c23-22(24,25)14-4-6-18(28-11-14)29-16-10-13-3-5-17(16)30(12-13)21(31)19-15(2-1-7-26-19)20-27-8-9-32-20/h1-2,4,6-9,11,13,16-17H,3,5,10,12H2,(H,28,29). The molecule has 1 aliphatic carbocycles. The Morgan fingerprint density at radius 1 is 1.12 bits per heavy atom. The number of halogens is 3. The Balaban J connectivity index is 1.37. The Kier molecular flexibility index (Phi) is 5.32. The number of thiazole rings is 1. The molecule has 6 nitrogen and oxygen atoms in total. The van der Waals surface area contributed by atoms with Gasteiger partial charge in [0.1, 0.15) is 16.5 Å². The van der Waals surface area contributed by atoms with Gasteiger partial charge in [-0.1, -0.05) is 0 Å². The van der Waals surface area contributed by atoms with Gasteiger partial charge in [0.05, 0.1) is 11.6 Å². The average molecular weight is 459 g/mol. The molecule has 166 valence electrons. The molecule has 3 aliphatic rings. The summed E-state index contributed by atoms with van der Waals surface area (Å²) in [5.74, 6) is 0.560. The summed E-state index contributed by atoms with van der Waals surface area (Å²) >= 11 is 1.45. The first-order valence-corrected chi connectivity index (χ1v) is 11.2. The molecule has 5 heterocycles. The van der Waals surface area contributed by atoms with Crippen molar-refractivity contribution in [2.75, 3.05) is 11.9 Å². The van der Waals surface area contributed by atoms with Crippen LogP contribution in [0.5, 0.6) is 0 Å². The second kappa shape index (κ2) is 8.16. The van der Waals surface area contributed by atoms with Crippen molar-refractivity contribution in [3.05, 3.63) is 59.5 Å². The van der Waals surface area contributed by atoms with Crippen LogP contribution in [0, 0.1) is 5.92 Å². The van der Waals surface area contributed by atoms with E-state index in [2.05, 4.69) is 20.3 Å². The van der Waals surface area contributed by atoms with Crippen LogP contribution in [-0.2, 0) is 6.18 Å². The van der Waals surface area contributed by atoms with E-state index in [1.54, 1.807) is 18.5 Å². The van der Waals surface area contributed by atoms with Crippen LogP contribution in [0.1, 0.15) is 35.3 Å². The highest BCUT2D eigenvalue weighted by molar-refractivity contribution is 7.13. The van der Waals surface area contributed by atoms with E-state index in [0.29, 0.717) is 29.5 Å². The number of nitrogens with one attached hydrogen (secondary N) is 1. The van der Waals surface area contributed by atoms with Gasteiger partial charge in [-0.15, -0.1) is 11.3 Å². The summed E-state index contributed by atoms with van der Waals surface area (Å²) in [6, 6.07) is 5.84. The van der Waals surface area contributed by atoms with Crippen LogP contribution in [0.4, 0.5) is 19.0 Å². The van der Waals surface area contributed by atoms with Gasteiger partial charge in [-0.05, 0) is 49.4 Å². The van der Waals surface area contributed by atoms with Crippen LogP contribution >= 0.6 is 11.3 Å². The second-order valence-corrected chi connectivity index (χ2v) is 9.02. The highest BCUT2D eigenvalue weighted by Crippen LogP contribution is 2.38. The Labute approximate surface area is 186 Å². The molecule has 2 aliphatic heterocycles. The fraction of sp³-hybridized carbons (Fsp3) is 0.364. The van der Waals surface area contributed by atoms with E-state index >= 15 is 0 Å². The first-order chi connectivity index (χ1) is 15.4. The minimum absolute atomic E-state index is 0.0808. The highest BCUT2D eigenvalue weighted by atomic mass is 32.1. The highest BCUT2D eigenvalue weighted by Gasteiger charge is 2.44. The number of hydrogen-bond acceptors (Lipinski definition) is 6. The molecular weight excluding hydrogens is 439 g/mol. The number of alkyl halides is 3. The molecule has 1 N–H and O–H groups in total. The molecule has 3 atom stereocenters. The number of carbonyl (C=O) groups is 1. The molecule has 0 aromatic carbocycles. The topological polar surface area (TPSA) is 71.0 Å². The van der Waals surface area contributed by atoms with E-state index in [-0.39, 0.29) is 18.0 Å². The van der Waals surface area contributed by atoms with Gasteiger partial charge < -0.3 is 10.2 Å². The zero-order valence-electron chi connectivity index (χ0n) is 16.9. The third kappa shape index (κ3) is 3.94. The van der Waals surface area contributed by atoms with E-state index in [1.165, 1.54) is 17.4 Å². The van der Waals surface area contributed by atoms with E-state index in [1.807, 2.05) is 16.3 Å². The molecule has 3 unspecified atom stereocenters. The summed E-state index contributed by atoms with van der Waals surface area (Å²) in [7, 11) is 0. The van der Waals surface area contributed by atoms with Crippen LogP contribution in [0.25, 0.3) is 10.6 Å². The molecule has 2 bridgehead atoms. The van der Waals surface area contributed by atoms with Gasteiger partial charge in [0.2, 0.25) is 0 Å². The number of rotatable bonds is 4. The molecular formula is C22H20F3N5OS. The van der Waals surface area contributed by atoms with Gasteiger partial charge >= 0.3 is 6.18 Å². The Morgan fingerprint density at radius 2 is 2.00 bits per heavy atom. The van der Waals surface area contributed by atoms with Crippen LogP contribution in [-0.4, -0.2) is 44.4 Å². The van der Waals surface area contributed by atoms with Crippen molar-refractivity contribution in [2.45, 2.75) is 37.5 Å². The summed E-state index contributed by atoms with van der Waals surface area (Å²) < 4.78 is 38.5. The molecule has 1 saturated carbocycles. The predicted molar refractivity (Wildman–Crippen MR) is 114 cm³/mol. The molecule has 6 rings (SSSR count). The Morgan fingerprint density at radius 3 is 2.69 bits per heavy atom. The second-order valence-electron chi connectivity index (χ2n) is 8.12. The maximum atomic E-state index is 13.5. The quantitative estimate of drug-likeness (QED) is 0.611. The number of carbonyl (C=O) groups excluding carboxylic acids is 1. The van der Waals surface area contributed by atoms with Crippen molar-refractivity contribution in [1.29, 1.82) is 0 Å². The summed E-state index contributed by atoms with van der Waals surface area (Å²) in [5.41, 5.74) is 0.305. The molecule has 3 aromatic heterocycles. The predicted octanol–water partition coefficient (Wildman–Crippen LogP) is 4.72. The molecule has 3 fully saturated rings. The maximum Gasteiger partial charge on any atom is 0.417 e. The fourth-order valence-corrected chi connectivity index (χ4v) is 5.32. The van der Waals surface area contributed by atoms with E-state index in [9.17, 15) is 18.0 Å². The lowest BCUT2D eigenvalue weighted by Crippen LogP contribution is -2.60. The van der Waals surface area contributed by atoms with Crippen molar-refractivity contribution >= 4 is 23.1 Å². The van der Waals surface area contributed by atoms with Crippen molar-refractivity contribution in [3.63, 3.8) is 0 Å². The zero-order valence-corrected chi connectivity index (χ0v) is 17.7. The van der Waals surface area contributed by atoms with Crippen LogP contribution < -0.4 is 5.32 Å². The average Bonchev–Trinajstić information content (AvgIpc) is 3.33. The van der Waals surface area contributed by atoms with Gasteiger partial charge in [-0.3, -0.25) is 9.78 Å². The maximum absolute atomic E-state index is 13.5. The number of aromatic nitrogens is 3. The SMILES string of the molecule is O=C(c1ncccc1-c1nccs1)N1CC2CCC1C(Nc1ccc(C(F)(F)F)cn1)C2. The van der Waals surface area contributed by atoms with Crippen molar-refractivity contribution in [2.24, 2.45) is 5.92 Å². The Bertz CT molecular complexity index is 1100. The van der Waals surface area contributed by atoms with Crippen molar-refractivity contribution in [1.82, 2.24) is 19.9 Å². The summed E-state index contributed by atoms with van der Waals surface area (Å²) in [6.45, 7) is 0.649. The van der Waals surface area contributed by atoms with Gasteiger partial charge in [0.15, 0.2) is 0 Å². The van der Waals surface area contributed by atoms with Crippen LogP contribution in [0.15, 0.2) is 48.2 Å². The molecule has 10 heteroatoms. The van der Waals surface area contributed by atoms with E-state index in [4.69, 9.17) is 0 Å². The number of amides is 1. The minimum atomic E-state index is -4.42. The number of pyridine rings is 2. The van der Waals surface area contributed by atoms with Crippen molar-refractivity contribution < 1.29 is 18.0 Å². The first kappa shape index (κ1) is 20.9. The number of nitrogens with zero attached hydrogens (tertiary/aromatic N) is 4. The molecule has 3 aromatic rings. The lowest BCUT2D eigenvalue weighted by molar-refractivity contribution is -0.137. The van der Waals surface area contributed by atoms with Gasteiger partial charge in [0, 0.05) is 42.1 Å². The molecule has 2 saturated heterocycles. The number of hydrogen-bond donors (Lipinski definition) is 1. The first-order valence-electron chi connectivity index (χ1n) is 10.4. The van der Waals surface area contributed by atoms with Gasteiger partial charge in [-0.2, -0.15) is 13.2 Å². The lowest BCUT2D eigenvalue weighted by atomic mass is 9.76. The molecule has 1 amide bonds. The van der Waals surface area contributed by atoms with Crippen molar-refractivity contribution in [3.8, 4) is 10.6 Å². The largest absolute Gasteiger partial charge is 0.417 e. The fourth-order valence-electron chi connectivity index (χ4n) is 4.66. The lowest BCUT2D eigenvalue weighted by Gasteiger charge is -2.50. The normalized spacial score (nSPS) is 22.7. The van der Waals surface area contributed by atoms with Crippen LogP contribution in [0.2, 0.25) is 0 Å². The summed E-state index contributed by atoms with van der Waals surface area (Å²) in [4.78, 5) is 28.0. The Hall–Kier alpha value is -3.01. The van der Waals surface area contributed by atoms with Crippen LogP contribution in [0.3, 0.4) is 0 Å². The summed E-state index contributed by atoms with van der Waals surface area (Å²) in [5, 5.41) is 5.87. The zero-order chi connectivity index (χ0) is 22.3.